The number of hydrogen-bond donors (Lipinski definition) is 1. The van der Waals surface area contributed by atoms with Gasteiger partial charge in [0.25, 0.3) is 0 Å². The van der Waals surface area contributed by atoms with Crippen LogP contribution in [-0.4, -0.2) is 9.97 Å². The summed E-state index contributed by atoms with van der Waals surface area (Å²) in [4.78, 5) is 7.06. The van der Waals surface area contributed by atoms with E-state index in [1.807, 2.05) is 30.3 Å². The molecule has 0 unspecified atom stereocenters. The van der Waals surface area contributed by atoms with Crippen LogP contribution in [-0.2, 0) is 0 Å². The minimum atomic E-state index is -0.218. The van der Waals surface area contributed by atoms with E-state index < -0.39 is 0 Å². The average Bonchev–Trinajstić information content (AvgIpc) is 2.93. The number of aromatic nitrogens is 2. The van der Waals surface area contributed by atoms with Gasteiger partial charge in [-0.15, -0.1) is 0 Å². The van der Waals surface area contributed by atoms with Crippen LogP contribution in [0.3, 0.4) is 0 Å². The molecule has 2 aromatic carbocycles. The van der Waals surface area contributed by atoms with E-state index >= 15 is 0 Å². The van der Waals surface area contributed by atoms with Crippen molar-refractivity contribution in [3.8, 4) is 22.4 Å². The van der Waals surface area contributed by atoms with Crippen LogP contribution < -0.4 is 0 Å². The fraction of sp³-hybridized carbons (Fsp3) is 0. The minimum absolute atomic E-state index is 0.218. The van der Waals surface area contributed by atoms with E-state index in [0.29, 0.717) is 5.56 Å². The average molecular weight is 238 g/mol. The van der Waals surface area contributed by atoms with Gasteiger partial charge >= 0.3 is 0 Å². The van der Waals surface area contributed by atoms with Crippen molar-refractivity contribution in [3.63, 3.8) is 0 Å². The second-order valence-corrected chi connectivity index (χ2v) is 3.99. The lowest BCUT2D eigenvalue weighted by molar-refractivity contribution is 0.631. The van der Waals surface area contributed by atoms with Crippen molar-refractivity contribution in [2.24, 2.45) is 0 Å². The molecule has 1 N–H and O–H groups in total. The number of nitrogens with one attached hydrogen (secondary N) is 1. The van der Waals surface area contributed by atoms with Gasteiger partial charge in [0.05, 0.1) is 18.2 Å². The molecular formula is C15H11FN2. The standard InChI is InChI=1S/C15H11FN2/c16-14-8-4-3-6-12(14)11-5-1-2-7-13(11)15-9-17-10-18-15/h1-10H,(H,17,18). The molecule has 2 nitrogen and oxygen atoms in total. The Morgan fingerprint density at radius 1 is 0.833 bits per heavy atom. The summed E-state index contributed by atoms with van der Waals surface area (Å²) >= 11 is 0. The van der Waals surface area contributed by atoms with Gasteiger partial charge in [-0.1, -0.05) is 42.5 Å². The summed E-state index contributed by atoms with van der Waals surface area (Å²) in [6.07, 6.45) is 3.35. The number of rotatable bonds is 2. The molecule has 88 valence electrons. The first-order valence-electron chi connectivity index (χ1n) is 5.69. The molecule has 0 amide bonds. The van der Waals surface area contributed by atoms with Crippen molar-refractivity contribution < 1.29 is 4.39 Å². The topological polar surface area (TPSA) is 28.7 Å². The smallest absolute Gasteiger partial charge is 0.131 e. The zero-order valence-electron chi connectivity index (χ0n) is 9.60. The van der Waals surface area contributed by atoms with Crippen LogP contribution in [0.5, 0.6) is 0 Å². The minimum Gasteiger partial charge on any atom is -0.345 e. The second-order valence-electron chi connectivity index (χ2n) is 3.99. The van der Waals surface area contributed by atoms with Crippen LogP contribution in [0, 0.1) is 5.82 Å². The highest BCUT2D eigenvalue weighted by Crippen LogP contribution is 2.31. The molecule has 0 spiro atoms. The summed E-state index contributed by atoms with van der Waals surface area (Å²) < 4.78 is 13.9. The van der Waals surface area contributed by atoms with E-state index in [4.69, 9.17) is 0 Å². The number of hydrogen-bond acceptors (Lipinski definition) is 1. The van der Waals surface area contributed by atoms with Crippen LogP contribution in [0.1, 0.15) is 0 Å². The number of halogens is 1. The molecule has 3 heteroatoms. The largest absolute Gasteiger partial charge is 0.345 e. The molecule has 0 aliphatic carbocycles. The van der Waals surface area contributed by atoms with Gasteiger partial charge in [0.15, 0.2) is 0 Å². The Balaban J connectivity index is 2.22. The first-order chi connectivity index (χ1) is 8.86. The molecule has 0 aliphatic heterocycles. The third-order valence-electron chi connectivity index (χ3n) is 2.88. The highest BCUT2D eigenvalue weighted by Gasteiger charge is 2.10. The Bertz CT molecular complexity index is 660. The van der Waals surface area contributed by atoms with Crippen LogP contribution in [0.25, 0.3) is 22.4 Å². The van der Waals surface area contributed by atoms with E-state index in [-0.39, 0.29) is 5.82 Å². The maximum absolute atomic E-state index is 13.9. The Morgan fingerprint density at radius 2 is 1.50 bits per heavy atom. The molecule has 0 fully saturated rings. The zero-order chi connectivity index (χ0) is 12.4. The van der Waals surface area contributed by atoms with Crippen molar-refractivity contribution in [2.75, 3.05) is 0 Å². The molecule has 0 saturated heterocycles. The summed E-state index contributed by atoms with van der Waals surface area (Å²) in [5.41, 5.74) is 3.29. The number of nitrogens with zero attached hydrogens (tertiary/aromatic N) is 1. The van der Waals surface area contributed by atoms with Crippen LogP contribution in [0.4, 0.5) is 4.39 Å². The van der Waals surface area contributed by atoms with E-state index in [9.17, 15) is 4.39 Å². The Morgan fingerprint density at radius 3 is 2.17 bits per heavy atom. The van der Waals surface area contributed by atoms with Crippen molar-refractivity contribution in [3.05, 3.63) is 66.9 Å². The first kappa shape index (κ1) is 10.7. The van der Waals surface area contributed by atoms with E-state index in [1.165, 1.54) is 6.07 Å². The third kappa shape index (κ3) is 1.80. The lowest BCUT2D eigenvalue weighted by Crippen LogP contribution is -1.88. The van der Waals surface area contributed by atoms with Gasteiger partial charge in [-0.25, -0.2) is 9.37 Å². The maximum atomic E-state index is 13.9. The second kappa shape index (κ2) is 4.45. The third-order valence-corrected chi connectivity index (χ3v) is 2.88. The van der Waals surface area contributed by atoms with Crippen molar-refractivity contribution in [2.45, 2.75) is 0 Å². The fourth-order valence-corrected chi connectivity index (χ4v) is 2.04. The summed E-state index contributed by atoms with van der Waals surface area (Å²) in [7, 11) is 0. The number of aromatic amines is 1. The van der Waals surface area contributed by atoms with Gasteiger partial charge in [-0.2, -0.15) is 0 Å². The summed E-state index contributed by atoms with van der Waals surface area (Å²) in [6, 6.07) is 14.5. The Hall–Kier alpha value is -2.42. The van der Waals surface area contributed by atoms with Crippen molar-refractivity contribution >= 4 is 0 Å². The highest BCUT2D eigenvalue weighted by molar-refractivity contribution is 5.81. The zero-order valence-corrected chi connectivity index (χ0v) is 9.60. The van der Waals surface area contributed by atoms with Gasteiger partial charge in [0, 0.05) is 11.1 Å². The molecule has 18 heavy (non-hydrogen) atoms. The quantitative estimate of drug-likeness (QED) is 0.721. The highest BCUT2D eigenvalue weighted by atomic mass is 19.1. The van der Waals surface area contributed by atoms with Crippen LogP contribution >= 0.6 is 0 Å². The predicted molar refractivity (Wildman–Crippen MR) is 69.4 cm³/mol. The molecule has 0 atom stereocenters. The normalized spacial score (nSPS) is 10.5. The first-order valence-corrected chi connectivity index (χ1v) is 5.69. The monoisotopic (exact) mass is 238 g/mol. The van der Waals surface area contributed by atoms with Gasteiger partial charge in [-0.3, -0.25) is 0 Å². The molecule has 3 aromatic rings. The number of imidazole rings is 1. The number of H-pyrrole nitrogens is 1. The lowest BCUT2D eigenvalue weighted by atomic mass is 9.98. The Labute approximate surface area is 104 Å². The van der Waals surface area contributed by atoms with Crippen LogP contribution in [0.2, 0.25) is 0 Å². The number of benzene rings is 2. The molecule has 0 saturated carbocycles. The SMILES string of the molecule is Fc1ccccc1-c1ccccc1-c1cnc[nH]1. The lowest BCUT2D eigenvalue weighted by Gasteiger charge is -2.08. The van der Waals surface area contributed by atoms with Gasteiger partial charge < -0.3 is 4.98 Å². The molecule has 1 aromatic heterocycles. The van der Waals surface area contributed by atoms with Crippen LogP contribution in [0.15, 0.2) is 61.1 Å². The van der Waals surface area contributed by atoms with Gasteiger partial charge in [0.2, 0.25) is 0 Å². The van der Waals surface area contributed by atoms with E-state index in [1.54, 1.807) is 24.7 Å². The summed E-state index contributed by atoms with van der Waals surface area (Å²) in [5, 5.41) is 0. The van der Waals surface area contributed by atoms with Crippen molar-refractivity contribution in [1.82, 2.24) is 9.97 Å². The summed E-state index contributed by atoms with van der Waals surface area (Å²) in [5.74, 6) is -0.218. The molecular weight excluding hydrogens is 227 g/mol. The van der Waals surface area contributed by atoms with Gasteiger partial charge in [0.1, 0.15) is 5.82 Å². The summed E-state index contributed by atoms with van der Waals surface area (Å²) in [6.45, 7) is 0. The Kier molecular flexibility index (Phi) is 2.65. The molecule has 1 heterocycles. The van der Waals surface area contributed by atoms with E-state index in [0.717, 1.165) is 16.8 Å². The maximum Gasteiger partial charge on any atom is 0.131 e. The molecule has 0 aliphatic rings. The molecule has 0 bridgehead atoms. The molecule has 0 radical (unpaired) electrons. The predicted octanol–water partition coefficient (Wildman–Crippen LogP) is 3.88. The van der Waals surface area contributed by atoms with Gasteiger partial charge in [-0.05, 0) is 11.6 Å². The van der Waals surface area contributed by atoms with E-state index in [2.05, 4.69) is 9.97 Å². The molecule has 3 rings (SSSR count). The fourth-order valence-electron chi connectivity index (χ4n) is 2.04. The van der Waals surface area contributed by atoms with Crippen molar-refractivity contribution in [1.29, 1.82) is 0 Å².